The zero-order chi connectivity index (χ0) is 47.9. The maximum Gasteiger partial charge on any atom is 0.305 e. The van der Waals surface area contributed by atoms with Crippen LogP contribution >= 0.6 is 0 Å². The Morgan fingerprint density at radius 2 is 0.439 bits per heavy atom. The molecule has 392 valence electrons. The first-order chi connectivity index (χ1) is 32.5. The van der Waals surface area contributed by atoms with Crippen LogP contribution in [0.1, 0.15) is 342 Å². The second kappa shape index (κ2) is 56.0. The van der Waals surface area contributed by atoms with Crippen LogP contribution in [0.4, 0.5) is 0 Å². The van der Waals surface area contributed by atoms with E-state index in [0.717, 1.165) is 38.5 Å². The number of ether oxygens (including phenoxy) is 3. The van der Waals surface area contributed by atoms with Crippen molar-refractivity contribution < 1.29 is 28.6 Å². The van der Waals surface area contributed by atoms with E-state index in [1.54, 1.807) is 0 Å². The minimum absolute atomic E-state index is 0.00722. The van der Waals surface area contributed by atoms with E-state index in [1.165, 1.54) is 250 Å². The van der Waals surface area contributed by atoms with Gasteiger partial charge in [0.15, 0.2) is 0 Å². The van der Waals surface area contributed by atoms with Crippen molar-refractivity contribution in [1.82, 2.24) is 0 Å². The van der Waals surface area contributed by atoms with E-state index >= 15 is 0 Å². The third kappa shape index (κ3) is 53.4. The van der Waals surface area contributed by atoms with E-state index in [-0.39, 0.29) is 30.4 Å². The molecular formula is C60H116O6. The number of hydrogen-bond donors (Lipinski definition) is 0. The molecule has 0 N–H and O–H groups in total. The number of unbranched alkanes of at least 4 members (excludes halogenated alkanes) is 42. The Kier molecular flexibility index (Phi) is 54.7. The van der Waals surface area contributed by atoms with Gasteiger partial charge in [0, 0.05) is 19.3 Å². The van der Waals surface area contributed by atoms with Gasteiger partial charge in [-0.3, -0.25) is 14.4 Å². The number of hydrogen-bond acceptors (Lipinski definition) is 6. The van der Waals surface area contributed by atoms with Crippen LogP contribution in [0.2, 0.25) is 0 Å². The molecule has 0 fully saturated rings. The second-order valence-corrected chi connectivity index (χ2v) is 20.7. The van der Waals surface area contributed by atoms with Crippen molar-refractivity contribution in [3.05, 3.63) is 0 Å². The molecule has 0 radical (unpaired) electrons. The van der Waals surface area contributed by atoms with Gasteiger partial charge in [-0.25, -0.2) is 0 Å². The molecule has 0 rings (SSSR count). The first-order valence-electron chi connectivity index (χ1n) is 30.0. The summed E-state index contributed by atoms with van der Waals surface area (Å²) in [5.41, 5.74) is 0. The van der Waals surface area contributed by atoms with Gasteiger partial charge in [-0.05, 0) is 38.0 Å². The Balaban J connectivity index is 4.27. The average molecular weight is 934 g/mol. The predicted octanol–water partition coefficient (Wildman–Crippen LogP) is 19.8. The molecule has 0 atom stereocenters. The fourth-order valence-electron chi connectivity index (χ4n) is 9.34. The largest absolute Gasteiger partial charge is 0.466 e. The zero-order valence-corrected chi connectivity index (χ0v) is 45.0. The van der Waals surface area contributed by atoms with Crippen LogP contribution in [-0.4, -0.2) is 37.7 Å². The summed E-state index contributed by atoms with van der Waals surface area (Å²) in [6.45, 7) is 7.74. The third-order valence-electron chi connectivity index (χ3n) is 14.0. The lowest BCUT2D eigenvalue weighted by atomic mass is 10.0. The molecule has 66 heavy (non-hydrogen) atoms. The molecule has 0 saturated carbocycles. The number of carbonyl (C=O) groups is 3. The monoisotopic (exact) mass is 933 g/mol. The molecule has 0 amide bonds. The van der Waals surface area contributed by atoms with Gasteiger partial charge in [-0.15, -0.1) is 0 Å². The summed E-state index contributed by atoms with van der Waals surface area (Å²) >= 11 is 0. The van der Waals surface area contributed by atoms with Crippen LogP contribution in [0.25, 0.3) is 0 Å². The van der Waals surface area contributed by atoms with Crippen LogP contribution in [-0.2, 0) is 28.6 Å². The molecule has 0 aliphatic heterocycles. The van der Waals surface area contributed by atoms with Gasteiger partial charge >= 0.3 is 17.9 Å². The molecule has 0 aromatic carbocycles. The molecule has 0 unspecified atom stereocenters. The van der Waals surface area contributed by atoms with Crippen LogP contribution < -0.4 is 0 Å². The molecule has 6 heteroatoms. The number of rotatable bonds is 56. The van der Waals surface area contributed by atoms with Crippen molar-refractivity contribution in [3.63, 3.8) is 0 Å². The quantitative estimate of drug-likeness (QED) is 0.0343. The highest BCUT2D eigenvalue weighted by Gasteiger charge is 2.15. The van der Waals surface area contributed by atoms with Crippen molar-refractivity contribution in [2.75, 3.05) is 19.8 Å². The van der Waals surface area contributed by atoms with Gasteiger partial charge in [0.05, 0.1) is 19.8 Å². The molecule has 0 aromatic heterocycles. The fraction of sp³-hybridized carbons (Fsp3) is 0.950. The summed E-state index contributed by atoms with van der Waals surface area (Å²) in [5, 5.41) is 0. The Morgan fingerprint density at radius 1 is 0.258 bits per heavy atom. The predicted molar refractivity (Wildman–Crippen MR) is 284 cm³/mol. The van der Waals surface area contributed by atoms with Gasteiger partial charge < -0.3 is 14.2 Å². The lowest BCUT2D eigenvalue weighted by molar-refractivity contribution is -0.149. The Morgan fingerprint density at radius 3 is 0.652 bits per heavy atom. The summed E-state index contributed by atoms with van der Waals surface area (Å²) in [5.74, 6) is -0.427. The molecule has 0 aliphatic rings. The lowest BCUT2D eigenvalue weighted by Gasteiger charge is -2.17. The zero-order valence-electron chi connectivity index (χ0n) is 45.0. The van der Waals surface area contributed by atoms with E-state index in [1.807, 2.05) is 0 Å². The van der Waals surface area contributed by atoms with Crippen molar-refractivity contribution in [2.24, 2.45) is 5.92 Å². The Labute approximate surface area is 412 Å². The second-order valence-electron chi connectivity index (χ2n) is 20.7. The lowest BCUT2D eigenvalue weighted by Crippen LogP contribution is -2.19. The average Bonchev–Trinajstić information content (AvgIpc) is 3.31. The maximum absolute atomic E-state index is 12.7. The van der Waals surface area contributed by atoms with Crippen molar-refractivity contribution in [1.29, 1.82) is 0 Å². The van der Waals surface area contributed by atoms with Crippen LogP contribution in [0.3, 0.4) is 0 Å². The van der Waals surface area contributed by atoms with Crippen LogP contribution in [0.5, 0.6) is 0 Å². The van der Waals surface area contributed by atoms with Gasteiger partial charge in [0.2, 0.25) is 0 Å². The smallest absolute Gasteiger partial charge is 0.305 e. The van der Waals surface area contributed by atoms with E-state index in [0.29, 0.717) is 45.3 Å². The minimum atomic E-state index is -0.148. The van der Waals surface area contributed by atoms with E-state index in [9.17, 15) is 14.4 Å². The van der Waals surface area contributed by atoms with Crippen molar-refractivity contribution in [3.8, 4) is 0 Å². The maximum atomic E-state index is 12.7. The standard InChI is InChI=1S/C60H116O6/c1-4-7-10-13-16-19-22-25-28-31-34-37-40-43-46-49-58(61)64-54-52-57(56-66-60(63)51-48-45-42-39-36-33-30-27-24-21-18-15-12-9-6-3)53-55-65-59(62)50-47-44-41-38-35-32-29-26-23-20-17-14-11-8-5-2/h57H,4-56H2,1-3H3. The fourth-order valence-corrected chi connectivity index (χ4v) is 9.34. The van der Waals surface area contributed by atoms with E-state index in [4.69, 9.17) is 14.2 Å². The van der Waals surface area contributed by atoms with Crippen molar-refractivity contribution in [2.45, 2.75) is 342 Å². The van der Waals surface area contributed by atoms with E-state index in [2.05, 4.69) is 20.8 Å². The SMILES string of the molecule is CCCCCCCCCCCCCCCCCC(=O)OCCC(CCOC(=O)CCCCCCCCCCCCCCCCC)COC(=O)CCCCCCCCCCCCCCCCC. The van der Waals surface area contributed by atoms with Gasteiger partial charge in [-0.2, -0.15) is 0 Å². The first-order valence-corrected chi connectivity index (χ1v) is 30.0. The normalized spacial score (nSPS) is 11.5. The molecule has 0 saturated heterocycles. The summed E-state index contributed by atoms with van der Waals surface area (Å²) < 4.78 is 17.0. The first kappa shape index (κ1) is 64.4. The third-order valence-corrected chi connectivity index (χ3v) is 14.0. The Bertz CT molecular complexity index is 930. The van der Waals surface area contributed by atoms with Crippen molar-refractivity contribution >= 4 is 17.9 Å². The molecule has 0 spiro atoms. The minimum Gasteiger partial charge on any atom is -0.466 e. The molecule has 0 bridgehead atoms. The molecule has 0 heterocycles. The van der Waals surface area contributed by atoms with Crippen LogP contribution in [0, 0.1) is 5.92 Å². The molecule has 0 aliphatic carbocycles. The highest BCUT2D eigenvalue weighted by Crippen LogP contribution is 2.18. The summed E-state index contributed by atoms with van der Waals surface area (Å²) in [4.78, 5) is 37.8. The van der Waals surface area contributed by atoms with Crippen LogP contribution in [0.15, 0.2) is 0 Å². The molecule has 6 nitrogen and oxygen atoms in total. The van der Waals surface area contributed by atoms with E-state index < -0.39 is 0 Å². The van der Waals surface area contributed by atoms with Gasteiger partial charge in [-0.1, -0.05) is 290 Å². The Hall–Kier alpha value is -1.59. The summed E-state index contributed by atoms with van der Waals surface area (Å²) in [7, 11) is 0. The highest BCUT2D eigenvalue weighted by molar-refractivity contribution is 5.70. The summed E-state index contributed by atoms with van der Waals surface area (Å²) in [6, 6.07) is 0. The van der Waals surface area contributed by atoms with Gasteiger partial charge in [0.25, 0.3) is 0 Å². The molecular weight excluding hydrogens is 817 g/mol. The number of esters is 3. The topological polar surface area (TPSA) is 78.9 Å². The number of carbonyl (C=O) groups excluding carboxylic acids is 3. The highest BCUT2D eigenvalue weighted by atomic mass is 16.5. The summed E-state index contributed by atoms with van der Waals surface area (Å²) in [6.07, 6.45) is 61.2. The molecule has 0 aromatic rings. The van der Waals surface area contributed by atoms with Gasteiger partial charge in [0.1, 0.15) is 0 Å².